The molecular formula is C22H23ClN2O6. The molecule has 0 aliphatic rings. The first-order valence-corrected chi connectivity index (χ1v) is 9.55. The summed E-state index contributed by atoms with van der Waals surface area (Å²) in [4.78, 5) is 35.6. The molecule has 0 aliphatic heterocycles. The van der Waals surface area contributed by atoms with Crippen molar-refractivity contribution in [3.8, 4) is 11.5 Å². The van der Waals surface area contributed by atoms with Crippen LogP contribution in [0.1, 0.15) is 16.7 Å². The number of halogens is 1. The van der Waals surface area contributed by atoms with Crippen molar-refractivity contribution < 1.29 is 28.6 Å². The molecule has 2 rings (SSSR count). The SMILES string of the molecule is COc1cc(/C=C/C(=O)OCC(=O)NC(=O)Nc2ccc(C)c(C)c2)cc(Cl)c1OC. The monoisotopic (exact) mass is 446 g/mol. The first kappa shape index (κ1) is 23.8. The molecule has 31 heavy (non-hydrogen) atoms. The fourth-order valence-electron chi connectivity index (χ4n) is 2.53. The van der Waals surface area contributed by atoms with Crippen molar-refractivity contribution in [2.45, 2.75) is 13.8 Å². The fraction of sp³-hybridized carbons (Fsp3) is 0.227. The molecule has 2 N–H and O–H groups in total. The first-order valence-electron chi connectivity index (χ1n) is 9.18. The highest BCUT2D eigenvalue weighted by Gasteiger charge is 2.12. The minimum absolute atomic E-state index is 0.309. The predicted octanol–water partition coefficient (Wildman–Crippen LogP) is 3.88. The highest BCUT2D eigenvalue weighted by molar-refractivity contribution is 6.32. The van der Waals surface area contributed by atoms with Crippen LogP contribution in [0.3, 0.4) is 0 Å². The maximum atomic E-state index is 11.9. The Morgan fingerprint density at radius 1 is 1.03 bits per heavy atom. The molecule has 0 saturated heterocycles. The predicted molar refractivity (Wildman–Crippen MR) is 118 cm³/mol. The van der Waals surface area contributed by atoms with Crippen molar-refractivity contribution in [1.29, 1.82) is 0 Å². The van der Waals surface area contributed by atoms with Crippen molar-refractivity contribution in [3.05, 3.63) is 58.1 Å². The summed E-state index contributed by atoms with van der Waals surface area (Å²) in [5.74, 6) is -0.760. The molecule has 0 saturated carbocycles. The van der Waals surface area contributed by atoms with Crippen LogP contribution >= 0.6 is 11.6 Å². The zero-order valence-corrected chi connectivity index (χ0v) is 18.3. The zero-order valence-electron chi connectivity index (χ0n) is 17.6. The lowest BCUT2D eigenvalue weighted by atomic mass is 10.1. The van der Waals surface area contributed by atoms with Gasteiger partial charge in [0.15, 0.2) is 18.1 Å². The van der Waals surface area contributed by atoms with Gasteiger partial charge in [-0.15, -0.1) is 0 Å². The van der Waals surface area contributed by atoms with Gasteiger partial charge in [0.2, 0.25) is 0 Å². The summed E-state index contributed by atoms with van der Waals surface area (Å²) < 4.78 is 15.2. The van der Waals surface area contributed by atoms with Gasteiger partial charge >= 0.3 is 12.0 Å². The Labute approximate surface area is 185 Å². The molecule has 0 heterocycles. The number of amides is 3. The number of urea groups is 1. The van der Waals surface area contributed by atoms with E-state index in [1.807, 2.05) is 19.9 Å². The van der Waals surface area contributed by atoms with Crippen LogP contribution in [0.15, 0.2) is 36.4 Å². The number of hydrogen-bond acceptors (Lipinski definition) is 6. The van der Waals surface area contributed by atoms with Crippen LogP contribution in [0, 0.1) is 13.8 Å². The summed E-state index contributed by atoms with van der Waals surface area (Å²) in [5.41, 5.74) is 3.19. The number of imide groups is 1. The second-order valence-corrected chi connectivity index (χ2v) is 6.89. The van der Waals surface area contributed by atoms with Gasteiger partial charge in [0.05, 0.1) is 19.2 Å². The molecule has 164 valence electrons. The van der Waals surface area contributed by atoms with Crippen LogP contribution in [0.2, 0.25) is 5.02 Å². The van der Waals surface area contributed by atoms with Gasteiger partial charge in [-0.3, -0.25) is 10.1 Å². The van der Waals surface area contributed by atoms with E-state index < -0.39 is 24.5 Å². The molecular weight excluding hydrogens is 424 g/mol. The Hall–Kier alpha value is -3.52. The van der Waals surface area contributed by atoms with Gasteiger partial charge in [0, 0.05) is 11.8 Å². The van der Waals surface area contributed by atoms with Crippen LogP contribution in [0.5, 0.6) is 11.5 Å². The van der Waals surface area contributed by atoms with Crippen molar-refractivity contribution in [2.24, 2.45) is 0 Å². The minimum Gasteiger partial charge on any atom is -0.493 e. The third-order valence-corrected chi connectivity index (χ3v) is 4.51. The van der Waals surface area contributed by atoms with Crippen molar-refractivity contribution in [3.63, 3.8) is 0 Å². The number of ether oxygens (including phenoxy) is 3. The van der Waals surface area contributed by atoms with Crippen molar-refractivity contribution >= 4 is 41.3 Å². The molecule has 2 aromatic rings. The van der Waals surface area contributed by atoms with E-state index in [9.17, 15) is 14.4 Å². The molecule has 8 nitrogen and oxygen atoms in total. The van der Waals surface area contributed by atoms with Gasteiger partial charge in [0.1, 0.15) is 0 Å². The van der Waals surface area contributed by atoms with Crippen LogP contribution in [-0.2, 0) is 14.3 Å². The topological polar surface area (TPSA) is 103 Å². The molecule has 0 aliphatic carbocycles. The summed E-state index contributed by atoms with van der Waals surface area (Å²) in [6.45, 7) is 3.24. The van der Waals surface area contributed by atoms with E-state index in [-0.39, 0.29) is 0 Å². The number of methoxy groups -OCH3 is 2. The Morgan fingerprint density at radius 3 is 2.42 bits per heavy atom. The lowest BCUT2D eigenvalue weighted by Crippen LogP contribution is -2.37. The van der Waals surface area contributed by atoms with Gasteiger partial charge in [-0.1, -0.05) is 17.7 Å². The Balaban J connectivity index is 1.85. The van der Waals surface area contributed by atoms with Crippen LogP contribution in [-0.4, -0.2) is 38.7 Å². The van der Waals surface area contributed by atoms with Gasteiger partial charge in [-0.25, -0.2) is 9.59 Å². The molecule has 0 radical (unpaired) electrons. The molecule has 9 heteroatoms. The third-order valence-electron chi connectivity index (χ3n) is 4.23. The lowest BCUT2D eigenvalue weighted by molar-refractivity contribution is -0.143. The average molecular weight is 447 g/mol. The number of carbonyl (C=O) groups is 3. The summed E-state index contributed by atoms with van der Waals surface area (Å²) in [7, 11) is 2.93. The standard InChI is InChI=1S/C22H23ClN2O6/c1-13-5-7-16(9-14(13)2)24-22(28)25-19(26)12-31-20(27)8-6-15-10-17(23)21(30-4)18(11-15)29-3/h5-11H,12H2,1-4H3,(H2,24,25,26,28)/b8-6+. The normalized spacial score (nSPS) is 10.5. The average Bonchev–Trinajstić information content (AvgIpc) is 2.72. The number of aryl methyl sites for hydroxylation is 2. The number of anilines is 1. The number of carbonyl (C=O) groups excluding carboxylic acids is 3. The summed E-state index contributed by atoms with van der Waals surface area (Å²) in [6.07, 6.45) is 2.57. The minimum atomic E-state index is -0.768. The number of nitrogens with one attached hydrogen (secondary N) is 2. The molecule has 0 bridgehead atoms. The maximum absolute atomic E-state index is 11.9. The summed E-state index contributed by atoms with van der Waals surface area (Å²) in [6, 6.07) is 7.84. The zero-order chi connectivity index (χ0) is 23.0. The molecule has 0 fully saturated rings. The van der Waals surface area contributed by atoms with E-state index in [0.29, 0.717) is 27.8 Å². The van der Waals surface area contributed by atoms with Crippen LogP contribution in [0.25, 0.3) is 6.08 Å². The first-order chi connectivity index (χ1) is 14.7. The molecule has 0 aromatic heterocycles. The van der Waals surface area contributed by atoms with Crippen molar-refractivity contribution in [1.82, 2.24) is 5.32 Å². The number of rotatable bonds is 7. The second-order valence-electron chi connectivity index (χ2n) is 6.48. The van der Waals surface area contributed by atoms with E-state index in [0.717, 1.165) is 17.2 Å². The van der Waals surface area contributed by atoms with E-state index in [4.69, 9.17) is 25.8 Å². The number of esters is 1. The Bertz CT molecular complexity index is 1020. The van der Waals surface area contributed by atoms with Gasteiger partial charge in [0.25, 0.3) is 5.91 Å². The van der Waals surface area contributed by atoms with E-state index >= 15 is 0 Å². The number of benzene rings is 2. The smallest absolute Gasteiger partial charge is 0.331 e. The molecule has 0 spiro atoms. The van der Waals surface area contributed by atoms with Crippen LogP contribution < -0.4 is 20.1 Å². The number of hydrogen-bond donors (Lipinski definition) is 2. The van der Waals surface area contributed by atoms with Crippen LogP contribution in [0.4, 0.5) is 10.5 Å². The van der Waals surface area contributed by atoms with E-state index in [1.54, 1.807) is 24.3 Å². The molecule has 0 unspecified atom stereocenters. The summed E-state index contributed by atoms with van der Waals surface area (Å²) in [5, 5.41) is 4.94. The van der Waals surface area contributed by atoms with Crippen molar-refractivity contribution in [2.75, 3.05) is 26.1 Å². The van der Waals surface area contributed by atoms with Gasteiger partial charge < -0.3 is 19.5 Å². The second kappa shape index (κ2) is 11.0. The van der Waals surface area contributed by atoms with Gasteiger partial charge in [-0.2, -0.15) is 0 Å². The largest absolute Gasteiger partial charge is 0.493 e. The van der Waals surface area contributed by atoms with Gasteiger partial charge in [-0.05, 0) is 60.9 Å². The molecule has 3 amide bonds. The van der Waals surface area contributed by atoms with E-state index in [1.165, 1.54) is 20.3 Å². The summed E-state index contributed by atoms with van der Waals surface area (Å²) >= 11 is 6.11. The maximum Gasteiger partial charge on any atom is 0.331 e. The lowest BCUT2D eigenvalue weighted by Gasteiger charge is -2.10. The molecule has 0 atom stereocenters. The fourth-order valence-corrected chi connectivity index (χ4v) is 2.82. The highest BCUT2D eigenvalue weighted by Crippen LogP contribution is 2.36. The highest BCUT2D eigenvalue weighted by atomic mass is 35.5. The molecule has 2 aromatic carbocycles. The Kier molecular flexibility index (Phi) is 8.45. The quantitative estimate of drug-likeness (QED) is 0.494. The van der Waals surface area contributed by atoms with E-state index in [2.05, 4.69) is 10.6 Å². The third kappa shape index (κ3) is 7.04. The Morgan fingerprint density at radius 2 is 1.77 bits per heavy atom.